The number of esters is 2. The molecule has 0 atom stereocenters. The van der Waals surface area contributed by atoms with Crippen LogP contribution in [0.1, 0.15) is 104 Å². The maximum Gasteiger partial charge on any atom is 0.341 e. The van der Waals surface area contributed by atoms with E-state index in [9.17, 15) is 38.4 Å². The molecule has 5 rings (SSSR count). The Bertz CT molecular complexity index is 2720. The molecular formula is C53H61N5O12S5. The van der Waals surface area contributed by atoms with Crippen LogP contribution in [0.4, 0.5) is 10.0 Å². The molecule has 1 fully saturated rings. The lowest BCUT2D eigenvalue weighted by Crippen LogP contribution is -2.30. The highest BCUT2D eigenvalue weighted by molar-refractivity contribution is 8.27. The third-order valence-electron chi connectivity index (χ3n) is 10.4. The van der Waals surface area contributed by atoms with Crippen LogP contribution in [0.2, 0.25) is 0 Å². The highest BCUT2D eigenvalue weighted by atomic mass is 32.2. The summed E-state index contributed by atoms with van der Waals surface area (Å²) in [7, 11) is 2.46. The maximum absolute atomic E-state index is 12.6. The second-order valence-electron chi connectivity index (χ2n) is 15.8. The van der Waals surface area contributed by atoms with Crippen LogP contribution in [0.25, 0.3) is 6.08 Å². The molecule has 400 valence electrons. The van der Waals surface area contributed by atoms with Crippen molar-refractivity contribution in [3.05, 3.63) is 121 Å². The Balaban J connectivity index is 0.000000296. The molecule has 0 radical (unpaired) electrons. The van der Waals surface area contributed by atoms with Gasteiger partial charge in [0.05, 0.1) is 35.1 Å². The van der Waals surface area contributed by atoms with Crippen LogP contribution in [-0.2, 0) is 28.7 Å². The van der Waals surface area contributed by atoms with Crippen molar-refractivity contribution in [3.63, 3.8) is 0 Å². The SMILES string of the molecule is CCN(CC)C(=O)c1sc(NC(=O)/C=C/C(C)=O)c(C(=O)OC)c1C.CCN(CC)C(=O)c1sc(NC(=O)/C=C/C(C)=O)c(C(=O)OC)c1C.Cc1ccc(OCCOc2ccc(/C=C3\SC(=S)NC3=S)cc2)cc1. The lowest BCUT2D eigenvalue weighted by atomic mass is 10.1. The molecule has 2 aromatic heterocycles. The molecule has 75 heavy (non-hydrogen) atoms. The topological polar surface area (TPSA) is 216 Å². The fourth-order valence-corrected chi connectivity index (χ4v) is 10.3. The first kappa shape index (κ1) is 62.4. The quantitative estimate of drug-likeness (QED) is 0.0325. The van der Waals surface area contributed by atoms with Crippen molar-refractivity contribution >= 4 is 131 Å². The standard InChI is InChI=1S/C19H17NO2S3.2C17H22N2O5S/c1-13-2-6-15(7-3-13)21-10-11-22-16-8-4-14(5-9-16)12-17-18(23)20-19(24)25-17;2*1-6-19(7-2)16(22)14-11(4)13(17(23)24-5)15(25-14)18-12(21)9-8-10(3)20/h2-9,12H,10-11H2,1H3,(H,20,23,24);2*8-9H,6-7H2,1-5H3,(H,18,21)/b17-12-;2*9-8+. The Morgan fingerprint density at radius 3 is 1.32 bits per heavy atom. The number of hydrogen-bond donors (Lipinski definition) is 3. The number of allylic oxidation sites excluding steroid dienone is 2. The molecule has 0 aliphatic carbocycles. The van der Waals surface area contributed by atoms with Gasteiger partial charge in [0.2, 0.25) is 11.8 Å². The van der Waals surface area contributed by atoms with Crippen molar-refractivity contribution in [2.45, 2.75) is 62.3 Å². The number of amides is 4. The van der Waals surface area contributed by atoms with Crippen LogP contribution in [-0.4, -0.2) is 120 Å². The molecule has 1 aliphatic heterocycles. The average Bonchev–Trinajstić information content (AvgIpc) is 4.01. The van der Waals surface area contributed by atoms with Crippen LogP contribution >= 0.6 is 58.9 Å². The van der Waals surface area contributed by atoms with E-state index in [0.29, 0.717) is 69.6 Å². The average molecular weight is 1120 g/mol. The Morgan fingerprint density at radius 1 is 0.600 bits per heavy atom. The summed E-state index contributed by atoms with van der Waals surface area (Å²) in [6.07, 6.45) is 6.41. The second-order valence-corrected chi connectivity index (χ2v) is 19.9. The van der Waals surface area contributed by atoms with Gasteiger partial charge in [0, 0.05) is 43.2 Å². The fraction of sp³-hybridized carbons (Fsp3) is 0.321. The van der Waals surface area contributed by atoms with Crippen molar-refractivity contribution in [1.29, 1.82) is 0 Å². The lowest BCUT2D eigenvalue weighted by molar-refractivity contribution is -0.114. The van der Waals surface area contributed by atoms with Gasteiger partial charge in [0.15, 0.2) is 11.6 Å². The van der Waals surface area contributed by atoms with Gasteiger partial charge >= 0.3 is 11.9 Å². The van der Waals surface area contributed by atoms with E-state index in [4.69, 9.17) is 43.4 Å². The van der Waals surface area contributed by atoms with Crippen LogP contribution in [0.15, 0.2) is 77.7 Å². The summed E-state index contributed by atoms with van der Waals surface area (Å²) in [5.74, 6) is -1.72. The summed E-state index contributed by atoms with van der Waals surface area (Å²) in [6.45, 7) is 18.5. The first-order chi connectivity index (χ1) is 35.6. The molecule has 22 heteroatoms. The molecular weight excluding hydrogens is 1060 g/mol. The number of aryl methyl sites for hydroxylation is 1. The predicted molar refractivity (Wildman–Crippen MR) is 305 cm³/mol. The lowest BCUT2D eigenvalue weighted by Gasteiger charge is -2.17. The van der Waals surface area contributed by atoms with E-state index in [1.54, 1.807) is 23.6 Å². The monoisotopic (exact) mass is 1120 g/mol. The number of thiocarbonyl (C=S) groups is 2. The van der Waals surface area contributed by atoms with E-state index >= 15 is 0 Å². The number of thioether (sulfide) groups is 1. The van der Waals surface area contributed by atoms with Crippen molar-refractivity contribution in [2.75, 3.05) is 64.2 Å². The predicted octanol–water partition coefficient (Wildman–Crippen LogP) is 9.56. The number of benzene rings is 2. The molecule has 2 aromatic carbocycles. The van der Waals surface area contributed by atoms with Crippen molar-refractivity contribution < 1.29 is 57.3 Å². The smallest absolute Gasteiger partial charge is 0.341 e. The van der Waals surface area contributed by atoms with E-state index in [2.05, 4.69) is 22.9 Å². The number of methoxy groups -OCH3 is 2. The fourth-order valence-electron chi connectivity index (χ4n) is 6.50. The van der Waals surface area contributed by atoms with Gasteiger partial charge in [-0.05, 0) is 121 Å². The van der Waals surface area contributed by atoms with E-state index in [1.165, 1.54) is 45.4 Å². The first-order valence-electron chi connectivity index (χ1n) is 23.3. The Morgan fingerprint density at radius 2 is 0.987 bits per heavy atom. The zero-order valence-electron chi connectivity index (χ0n) is 43.6. The summed E-state index contributed by atoms with van der Waals surface area (Å²) < 4.78 is 21.6. The Labute approximate surface area is 460 Å². The van der Waals surface area contributed by atoms with E-state index < -0.39 is 23.8 Å². The van der Waals surface area contributed by atoms with Gasteiger partial charge in [-0.25, -0.2) is 9.59 Å². The number of ketones is 2. The van der Waals surface area contributed by atoms with Gasteiger partial charge in [0.1, 0.15) is 44.0 Å². The maximum atomic E-state index is 12.6. The number of carbonyl (C=O) groups excluding carboxylic acids is 8. The Kier molecular flexibility index (Phi) is 25.9. The van der Waals surface area contributed by atoms with Gasteiger partial charge in [-0.15, -0.1) is 22.7 Å². The molecule has 1 saturated heterocycles. The summed E-state index contributed by atoms with van der Waals surface area (Å²) in [4.78, 5) is 101. The molecule has 4 amide bonds. The largest absolute Gasteiger partial charge is 0.490 e. The summed E-state index contributed by atoms with van der Waals surface area (Å²) in [5.41, 5.74) is 3.48. The highest BCUT2D eigenvalue weighted by Gasteiger charge is 2.29. The molecule has 4 aromatic rings. The number of anilines is 2. The molecule has 1 aliphatic rings. The van der Waals surface area contributed by atoms with E-state index in [0.717, 1.165) is 68.9 Å². The zero-order chi connectivity index (χ0) is 55.9. The summed E-state index contributed by atoms with van der Waals surface area (Å²) in [5, 5.41) is 8.49. The number of hydrogen-bond acceptors (Lipinski definition) is 17. The number of thiophene rings is 2. The van der Waals surface area contributed by atoms with Gasteiger partial charge in [-0.2, -0.15) is 0 Å². The van der Waals surface area contributed by atoms with Crippen LogP contribution in [0, 0.1) is 20.8 Å². The first-order valence-corrected chi connectivity index (χ1v) is 26.6. The molecule has 3 N–H and O–H groups in total. The van der Waals surface area contributed by atoms with Crippen molar-refractivity contribution in [3.8, 4) is 11.5 Å². The van der Waals surface area contributed by atoms with Crippen LogP contribution < -0.4 is 25.4 Å². The molecule has 0 bridgehead atoms. The van der Waals surface area contributed by atoms with Gasteiger partial charge < -0.3 is 44.7 Å². The van der Waals surface area contributed by atoms with Crippen LogP contribution in [0.5, 0.6) is 11.5 Å². The Hall–Kier alpha value is -6.85. The third-order valence-corrected chi connectivity index (χ3v) is 14.5. The number of nitrogens with one attached hydrogen (secondary N) is 3. The second kappa shape index (κ2) is 31.1. The van der Waals surface area contributed by atoms with E-state index in [1.807, 2.05) is 82.3 Å². The van der Waals surface area contributed by atoms with E-state index in [-0.39, 0.29) is 44.5 Å². The minimum Gasteiger partial charge on any atom is -0.490 e. The summed E-state index contributed by atoms with van der Waals surface area (Å²) >= 11 is 13.9. The normalized spacial score (nSPS) is 12.2. The molecule has 0 spiro atoms. The number of nitrogens with zero attached hydrogens (tertiary/aromatic N) is 2. The highest BCUT2D eigenvalue weighted by Crippen LogP contribution is 2.36. The van der Waals surface area contributed by atoms with Gasteiger partial charge in [0.25, 0.3) is 11.8 Å². The molecule has 0 unspecified atom stereocenters. The molecule has 17 nitrogen and oxygen atoms in total. The number of carbonyl (C=O) groups is 8. The van der Waals surface area contributed by atoms with Crippen molar-refractivity contribution in [1.82, 2.24) is 15.1 Å². The van der Waals surface area contributed by atoms with Gasteiger partial charge in [-0.3, -0.25) is 28.8 Å². The third kappa shape index (κ3) is 19.1. The molecule has 3 heterocycles. The minimum atomic E-state index is -0.641. The van der Waals surface area contributed by atoms with Crippen molar-refractivity contribution in [2.24, 2.45) is 0 Å². The minimum absolute atomic E-state index is 0.146. The zero-order valence-corrected chi connectivity index (χ0v) is 47.7. The molecule has 0 saturated carbocycles. The summed E-state index contributed by atoms with van der Waals surface area (Å²) in [6, 6.07) is 15.8. The van der Waals surface area contributed by atoms with Gasteiger partial charge in [-0.1, -0.05) is 66.0 Å². The number of ether oxygens (including phenoxy) is 4. The van der Waals surface area contributed by atoms with Crippen LogP contribution in [0.3, 0.4) is 0 Å². The number of rotatable bonds is 20.